The average Bonchev–Trinajstić information content (AvgIpc) is 3.22. The van der Waals surface area contributed by atoms with Crippen LogP contribution in [0, 0.1) is 0 Å². The lowest BCUT2D eigenvalue weighted by molar-refractivity contribution is -0.137. The summed E-state index contributed by atoms with van der Waals surface area (Å²) in [7, 11) is 1.40. The molecule has 0 bridgehead atoms. The summed E-state index contributed by atoms with van der Waals surface area (Å²) in [4.78, 5) is 24.4. The summed E-state index contributed by atoms with van der Waals surface area (Å²) in [5, 5.41) is 2.99. The zero-order chi connectivity index (χ0) is 25.7. The van der Waals surface area contributed by atoms with Gasteiger partial charge in [-0.1, -0.05) is 29.3 Å². The lowest BCUT2D eigenvalue weighted by Gasteiger charge is -2.29. The Morgan fingerprint density at radius 2 is 1.86 bits per heavy atom. The number of nitrogens with zero attached hydrogens (tertiary/aromatic N) is 5. The van der Waals surface area contributed by atoms with Crippen molar-refractivity contribution < 1.29 is 18.0 Å². The monoisotopic (exact) mass is 542 g/mol. The fraction of sp³-hybridized carbons (Fsp3) is 0.273. The number of halogens is 5. The van der Waals surface area contributed by atoms with Crippen LogP contribution < -0.4 is 10.2 Å². The summed E-state index contributed by atoms with van der Waals surface area (Å²) in [5.41, 5.74) is -1.32. The summed E-state index contributed by atoms with van der Waals surface area (Å²) in [5.74, 6) is 0.0562. The van der Waals surface area contributed by atoms with E-state index in [9.17, 15) is 18.0 Å². The van der Waals surface area contributed by atoms with E-state index < -0.39 is 23.2 Å². The molecule has 0 saturated carbocycles. The maximum absolute atomic E-state index is 13.6. The SMILES string of the molecule is CNc1ccc(N2C(=O)C(C)(C)N(Cc3ccc(-n4cnc(Cl)c4Cl)nc3)C2=S)cc1C(F)(F)F. The Kier molecular flexibility index (Phi) is 6.45. The maximum Gasteiger partial charge on any atom is 0.418 e. The van der Waals surface area contributed by atoms with Crippen LogP contribution in [-0.2, 0) is 17.5 Å². The zero-order valence-electron chi connectivity index (χ0n) is 18.7. The topological polar surface area (TPSA) is 66.3 Å². The fourth-order valence-corrected chi connectivity index (χ4v) is 4.55. The molecule has 1 aliphatic rings. The van der Waals surface area contributed by atoms with Crippen molar-refractivity contribution in [3.63, 3.8) is 0 Å². The minimum Gasteiger partial charge on any atom is -0.388 e. The average molecular weight is 543 g/mol. The molecule has 0 spiro atoms. The molecule has 0 unspecified atom stereocenters. The van der Waals surface area contributed by atoms with Gasteiger partial charge < -0.3 is 10.2 Å². The molecule has 1 N–H and O–H groups in total. The fourth-order valence-electron chi connectivity index (χ4n) is 3.76. The Morgan fingerprint density at radius 1 is 1.14 bits per heavy atom. The number of nitrogens with one attached hydrogen (secondary N) is 1. The van der Waals surface area contributed by atoms with Crippen molar-refractivity contribution in [2.75, 3.05) is 17.3 Å². The van der Waals surface area contributed by atoms with E-state index in [2.05, 4.69) is 15.3 Å². The van der Waals surface area contributed by atoms with Gasteiger partial charge in [0.05, 0.1) is 11.3 Å². The summed E-state index contributed by atoms with van der Waals surface area (Å²) >= 11 is 17.6. The number of benzene rings is 1. The third-order valence-corrected chi connectivity index (χ3v) is 6.86. The van der Waals surface area contributed by atoms with E-state index >= 15 is 0 Å². The number of hydrogen-bond acceptors (Lipinski definition) is 5. The standard InChI is InChI=1S/C22H19Cl2F3N6OS/c1-21(2)19(34)33(13-5-6-15(28-3)14(8-13)22(25,26)27)20(35)32(21)10-12-4-7-16(29-9-12)31-11-30-17(23)18(31)24/h4-9,11,28H,10H2,1-3H3. The predicted molar refractivity (Wildman–Crippen MR) is 132 cm³/mol. The largest absolute Gasteiger partial charge is 0.418 e. The third kappa shape index (κ3) is 4.43. The molecule has 1 fully saturated rings. The molecule has 0 radical (unpaired) electrons. The highest BCUT2D eigenvalue weighted by Gasteiger charge is 2.49. The van der Waals surface area contributed by atoms with Crippen LogP contribution in [0.1, 0.15) is 25.0 Å². The highest BCUT2D eigenvalue weighted by Crippen LogP contribution is 2.40. The Labute approximate surface area is 214 Å². The molecule has 0 aliphatic carbocycles. The molecule has 3 aromatic rings. The van der Waals surface area contributed by atoms with Gasteiger partial charge >= 0.3 is 6.18 Å². The van der Waals surface area contributed by atoms with Crippen LogP contribution in [0.5, 0.6) is 0 Å². The van der Waals surface area contributed by atoms with E-state index in [1.54, 1.807) is 37.1 Å². The zero-order valence-corrected chi connectivity index (χ0v) is 21.0. The number of imidazole rings is 1. The molecular weight excluding hydrogens is 524 g/mol. The Balaban J connectivity index is 1.63. The molecule has 1 amide bonds. The van der Waals surface area contributed by atoms with Gasteiger partial charge in [-0.2, -0.15) is 13.2 Å². The van der Waals surface area contributed by atoms with E-state index in [1.807, 2.05) is 0 Å². The van der Waals surface area contributed by atoms with Crippen LogP contribution in [0.3, 0.4) is 0 Å². The molecule has 1 saturated heterocycles. The molecular formula is C22H19Cl2F3N6OS. The molecule has 3 heterocycles. The van der Waals surface area contributed by atoms with Crippen molar-refractivity contribution in [1.82, 2.24) is 19.4 Å². The first-order valence-electron chi connectivity index (χ1n) is 10.2. The van der Waals surface area contributed by atoms with Crippen molar-refractivity contribution >= 4 is 57.8 Å². The number of hydrogen-bond donors (Lipinski definition) is 1. The highest BCUT2D eigenvalue weighted by molar-refractivity contribution is 7.80. The van der Waals surface area contributed by atoms with Crippen LogP contribution in [0.4, 0.5) is 24.5 Å². The molecule has 184 valence electrons. The number of alkyl halides is 3. The molecule has 1 aliphatic heterocycles. The van der Waals surface area contributed by atoms with Gasteiger partial charge in [-0.3, -0.25) is 14.3 Å². The molecule has 7 nitrogen and oxygen atoms in total. The van der Waals surface area contributed by atoms with E-state index in [1.165, 1.54) is 30.1 Å². The van der Waals surface area contributed by atoms with Crippen molar-refractivity contribution in [2.45, 2.75) is 32.1 Å². The van der Waals surface area contributed by atoms with Gasteiger partial charge in [0.25, 0.3) is 5.91 Å². The quantitative estimate of drug-likeness (QED) is 0.426. The van der Waals surface area contributed by atoms with Crippen molar-refractivity contribution in [1.29, 1.82) is 0 Å². The summed E-state index contributed by atoms with van der Waals surface area (Å²) in [6.07, 6.45) is -1.57. The number of amides is 1. The van der Waals surface area contributed by atoms with Gasteiger partial charge in [-0.15, -0.1) is 0 Å². The molecule has 2 aromatic heterocycles. The molecule has 35 heavy (non-hydrogen) atoms. The maximum atomic E-state index is 13.6. The Hall–Kier alpha value is -2.89. The van der Waals surface area contributed by atoms with Gasteiger partial charge in [0, 0.05) is 25.5 Å². The second-order valence-corrected chi connectivity index (χ2v) is 9.35. The molecule has 1 aromatic carbocycles. The first kappa shape index (κ1) is 25.2. The molecule has 0 atom stereocenters. The second kappa shape index (κ2) is 8.96. The third-order valence-electron chi connectivity index (χ3n) is 5.72. The predicted octanol–water partition coefficient (Wildman–Crippen LogP) is 5.55. The lowest BCUT2D eigenvalue weighted by atomic mass is 10.0. The first-order chi connectivity index (χ1) is 16.4. The number of carbonyl (C=O) groups excluding carboxylic acids is 1. The first-order valence-corrected chi connectivity index (χ1v) is 11.4. The van der Waals surface area contributed by atoms with Crippen LogP contribution in [0.25, 0.3) is 5.82 Å². The van der Waals surface area contributed by atoms with Crippen molar-refractivity contribution in [3.05, 3.63) is 64.3 Å². The molecule has 13 heteroatoms. The van der Waals surface area contributed by atoms with E-state index in [-0.39, 0.29) is 33.3 Å². The number of carbonyl (C=O) groups is 1. The summed E-state index contributed by atoms with van der Waals surface area (Å²) in [6.45, 7) is 3.55. The number of rotatable bonds is 5. The second-order valence-electron chi connectivity index (χ2n) is 8.27. The van der Waals surface area contributed by atoms with Crippen LogP contribution in [0.15, 0.2) is 42.9 Å². The summed E-state index contributed by atoms with van der Waals surface area (Å²) < 4.78 is 42.2. The number of aromatic nitrogens is 3. The lowest BCUT2D eigenvalue weighted by Crippen LogP contribution is -2.43. The number of thiocarbonyl (C=S) groups is 1. The highest BCUT2D eigenvalue weighted by atomic mass is 35.5. The number of pyridine rings is 1. The van der Waals surface area contributed by atoms with Crippen LogP contribution >= 0.6 is 35.4 Å². The van der Waals surface area contributed by atoms with Crippen molar-refractivity contribution in [2.24, 2.45) is 0 Å². The normalized spacial score (nSPS) is 15.8. The minimum absolute atomic E-state index is 0.0435. The minimum atomic E-state index is -4.61. The smallest absolute Gasteiger partial charge is 0.388 e. The Bertz CT molecular complexity index is 1310. The van der Waals surface area contributed by atoms with Gasteiger partial charge in [0.15, 0.2) is 15.4 Å². The molecule has 4 rings (SSSR count). The van der Waals surface area contributed by atoms with Crippen LogP contribution in [-0.4, -0.2) is 43.0 Å². The van der Waals surface area contributed by atoms with Gasteiger partial charge in [0.1, 0.15) is 17.7 Å². The van der Waals surface area contributed by atoms with E-state index in [0.29, 0.717) is 5.82 Å². The van der Waals surface area contributed by atoms with Crippen molar-refractivity contribution in [3.8, 4) is 5.82 Å². The number of anilines is 2. The Morgan fingerprint density at radius 3 is 2.40 bits per heavy atom. The van der Waals surface area contributed by atoms with Gasteiger partial charge in [-0.05, 0) is 55.9 Å². The van der Waals surface area contributed by atoms with E-state index in [4.69, 9.17) is 35.4 Å². The van der Waals surface area contributed by atoms with Gasteiger partial charge in [0.2, 0.25) is 0 Å². The van der Waals surface area contributed by atoms with E-state index in [0.717, 1.165) is 16.5 Å². The van der Waals surface area contributed by atoms with Crippen LogP contribution in [0.2, 0.25) is 10.3 Å². The van der Waals surface area contributed by atoms with Gasteiger partial charge in [-0.25, -0.2) is 9.97 Å². The summed E-state index contributed by atoms with van der Waals surface area (Å²) in [6, 6.07) is 7.12.